The molecule has 0 aliphatic rings. The smallest absolute Gasteiger partial charge is 0.307 e. The van der Waals surface area contributed by atoms with Crippen molar-refractivity contribution in [3.05, 3.63) is 29.8 Å². The van der Waals surface area contributed by atoms with Gasteiger partial charge in [0.05, 0.1) is 19.1 Å². The molecule has 0 spiro atoms. The van der Waals surface area contributed by atoms with Crippen LogP contribution in [-0.4, -0.2) is 39.8 Å². The number of hydrogen-bond donors (Lipinski definition) is 3. The predicted molar refractivity (Wildman–Crippen MR) is 61.6 cm³/mol. The number of aliphatic carboxylic acids is 1. The number of carboxylic acids is 1. The van der Waals surface area contributed by atoms with E-state index in [1.807, 2.05) is 12.1 Å². The van der Waals surface area contributed by atoms with Gasteiger partial charge in [-0.2, -0.15) is 0 Å². The summed E-state index contributed by atoms with van der Waals surface area (Å²) in [6.45, 7) is -0.246. The summed E-state index contributed by atoms with van der Waals surface area (Å²) in [7, 11) is 0. The summed E-state index contributed by atoms with van der Waals surface area (Å²) in [5.41, 5.74) is 0.750. The van der Waals surface area contributed by atoms with E-state index in [9.17, 15) is 4.79 Å². The summed E-state index contributed by atoms with van der Waals surface area (Å²) in [5.74, 6) is -0.425. The molecule has 5 heteroatoms. The third kappa shape index (κ3) is 4.65. The number of hydrogen-bond acceptors (Lipinski definition) is 4. The SMILES string of the molecule is O=C(O)Cc1ccc(SCC(O)CO)cc1. The fourth-order valence-electron chi connectivity index (χ4n) is 1.12. The Kier molecular flexibility index (Phi) is 5.31. The molecule has 1 aromatic carbocycles. The average molecular weight is 242 g/mol. The Morgan fingerprint density at radius 2 is 1.94 bits per heavy atom. The van der Waals surface area contributed by atoms with Gasteiger partial charge in [0.1, 0.15) is 0 Å². The molecule has 0 amide bonds. The maximum Gasteiger partial charge on any atom is 0.307 e. The maximum absolute atomic E-state index is 10.4. The number of rotatable bonds is 6. The second-order valence-electron chi connectivity index (χ2n) is 3.36. The van der Waals surface area contributed by atoms with Crippen molar-refractivity contribution in [1.82, 2.24) is 0 Å². The van der Waals surface area contributed by atoms with Crippen molar-refractivity contribution < 1.29 is 20.1 Å². The third-order valence-electron chi connectivity index (χ3n) is 1.93. The Balaban J connectivity index is 2.48. The Labute approximate surface area is 97.9 Å². The van der Waals surface area contributed by atoms with Gasteiger partial charge in [0.25, 0.3) is 0 Å². The van der Waals surface area contributed by atoms with Gasteiger partial charge in [-0.3, -0.25) is 4.79 Å². The average Bonchev–Trinajstić information content (AvgIpc) is 2.27. The van der Waals surface area contributed by atoms with Gasteiger partial charge in [-0.1, -0.05) is 12.1 Å². The molecular formula is C11H14O4S. The van der Waals surface area contributed by atoms with Crippen LogP contribution in [0.3, 0.4) is 0 Å². The van der Waals surface area contributed by atoms with Crippen LogP contribution in [0.5, 0.6) is 0 Å². The van der Waals surface area contributed by atoms with Crippen molar-refractivity contribution in [2.24, 2.45) is 0 Å². The summed E-state index contributed by atoms with van der Waals surface area (Å²) >= 11 is 1.42. The molecule has 1 atom stereocenters. The van der Waals surface area contributed by atoms with Crippen LogP contribution in [0.25, 0.3) is 0 Å². The third-order valence-corrected chi connectivity index (χ3v) is 3.09. The fourth-order valence-corrected chi connectivity index (χ4v) is 1.94. The highest BCUT2D eigenvalue weighted by molar-refractivity contribution is 7.99. The Hall–Kier alpha value is -1.04. The first-order valence-corrected chi connectivity index (χ1v) is 5.83. The minimum absolute atomic E-state index is 0.0181. The lowest BCUT2D eigenvalue weighted by molar-refractivity contribution is -0.136. The van der Waals surface area contributed by atoms with E-state index in [1.54, 1.807) is 12.1 Å². The number of thioether (sulfide) groups is 1. The first-order chi connectivity index (χ1) is 7.61. The van der Waals surface area contributed by atoms with E-state index in [2.05, 4.69) is 0 Å². The van der Waals surface area contributed by atoms with Gasteiger partial charge in [0.15, 0.2) is 0 Å². The number of aliphatic hydroxyl groups is 2. The minimum Gasteiger partial charge on any atom is -0.481 e. The molecule has 1 aromatic rings. The van der Waals surface area contributed by atoms with Crippen LogP contribution >= 0.6 is 11.8 Å². The number of carboxylic acid groups (broad SMARTS) is 1. The van der Waals surface area contributed by atoms with E-state index < -0.39 is 12.1 Å². The predicted octanol–water partition coefficient (Wildman–Crippen LogP) is 0.759. The standard InChI is InChI=1S/C11H14O4S/c12-6-9(13)7-16-10-3-1-8(2-4-10)5-11(14)15/h1-4,9,12-13H,5-7H2,(H,14,15). The normalized spacial score (nSPS) is 12.4. The summed E-state index contributed by atoms with van der Waals surface area (Å²) < 4.78 is 0. The lowest BCUT2D eigenvalue weighted by Gasteiger charge is -2.06. The molecule has 4 nitrogen and oxygen atoms in total. The molecular weight excluding hydrogens is 228 g/mol. The second-order valence-corrected chi connectivity index (χ2v) is 4.46. The van der Waals surface area contributed by atoms with Crippen molar-refractivity contribution in [1.29, 1.82) is 0 Å². The van der Waals surface area contributed by atoms with E-state index in [0.717, 1.165) is 10.5 Å². The summed E-state index contributed by atoms with van der Waals surface area (Å²) in [6.07, 6.45) is -0.701. The quantitative estimate of drug-likeness (QED) is 0.642. The lowest BCUT2D eigenvalue weighted by atomic mass is 10.2. The molecule has 0 radical (unpaired) electrons. The Bertz CT molecular complexity index is 336. The minimum atomic E-state index is -0.851. The molecule has 0 fully saturated rings. The van der Waals surface area contributed by atoms with Gasteiger partial charge in [-0.05, 0) is 17.7 Å². The van der Waals surface area contributed by atoms with E-state index in [4.69, 9.17) is 15.3 Å². The van der Waals surface area contributed by atoms with Crippen molar-refractivity contribution in [2.75, 3.05) is 12.4 Å². The molecule has 0 heterocycles. The molecule has 0 aliphatic carbocycles. The molecule has 16 heavy (non-hydrogen) atoms. The summed E-state index contributed by atoms with van der Waals surface area (Å²) in [6, 6.07) is 7.13. The van der Waals surface area contributed by atoms with Crippen LogP contribution < -0.4 is 0 Å². The van der Waals surface area contributed by atoms with Crippen molar-refractivity contribution in [3.8, 4) is 0 Å². The van der Waals surface area contributed by atoms with Crippen molar-refractivity contribution >= 4 is 17.7 Å². The first kappa shape index (κ1) is 13.0. The molecule has 0 saturated carbocycles. The van der Waals surface area contributed by atoms with Crippen LogP contribution in [0.2, 0.25) is 0 Å². The molecule has 3 N–H and O–H groups in total. The number of carbonyl (C=O) groups is 1. The lowest BCUT2D eigenvalue weighted by Crippen LogP contribution is -2.14. The van der Waals surface area contributed by atoms with Gasteiger partial charge in [0.2, 0.25) is 0 Å². The Morgan fingerprint density at radius 3 is 2.44 bits per heavy atom. The highest BCUT2D eigenvalue weighted by atomic mass is 32.2. The Morgan fingerprint density at radius 1 is 1.31 bits per heavy atom. The highest BCUT2D eigenvalue weighted by Crippen LogP contribution is 2.19. The van der Waals surface area contributed by atoms with Gasteiger partial charge in [0, 0.05) is 10.6 Å². The van der Waals surface area contributed by atoms with E-state index >= 15 is 0 Å². The monoisotopic (exact) mass is 242 g/mol. The van der Waals surface area contributed by atoms with Gasteiger partial charge < -0.3 is 15.3 Å². The number of aliphatic hydroxyl groups excluding tert-OH is 2. The first-order valence-electron chi connectivity index (χ1n) is 4.84. The number of benzene rings is 1. The molecule has 0 saturated heterocycles. The molecule has 1 unspecified atom stereocenters. The van der Waals surface area contributed by atoms with Gasteiger partial charge in [-0.25, -0.2) is 0 Å². The van der Waals surface area contributed by atoms with Crippen LogP contribution in [0.15, 0.2) is 29.2 Å². The summed E-state index contributed by atoms with van der Waals surface area (Å²) in [4.78, 5) is 11.4. The topological polar surface area (TPSA) is 77.8 Å². The molecule has 0 aliphatic heterocycles. The van der Waals surface area contributed by atoms with E-state index in [0.29, 0.717) is 5.75 Å². The van der Waals surface area contributed by atoms with Crippen LogP contribution in [0.4, 0.5) is 0 Å². The fraction of sp³-hybridized carbons (Fsp3) is 0.364. The van der Waals surface area contributed by atoms with Gasteiger partial charge >= 0.3 is 5.97 Å². The van der Waals surface area contributed by atoms with Crippen LogP contribution in [0.1, 0.15) is 5.56 Å². The maximum atomic E-state index is 10.4. The molecule has 88 valence electrons. The second kappa shape index (κ2) is 6.52. The van der Waals surface area contributed by atoms with Crippen molar-refractivity contribution in [3.63, 3.8) is 0 Å². The highest BCUT2D eigenvalue weighted by Gasteiger charge is 2.04. The van der Waals surface area contributed by atoms with E-state index in [-0.39, 0.29) is 13.0 Å². The van der Waals surface area contributed by atoms with Gasteiger partial charge in [-0.15, -0.1) is 11.8 Å². The van der Waals surface area contributed by atoms with E-state index in [1.165, 1.54) is 11.8 Å². The molecule has 0 aromatic heterocycles. The zero-order valence-electron chi connectivity index (χ0n) is 8.67. The zero-order valence-corrected chi connectivity index (χ0v) is 9.48. The van der Waals surface area contributed by atoms with Crippen LogP contribution in [-0.2, 0) is 11.2 Å². The zero-order chi connectivity index (χ0) is 12.0. The molecule has 0 bridgehead atoms. The van der Waals surface area contributed by atoms with Crippen LogP contribution in [0, 0.1) is 0 Å². The van der Waals surface area contributed by atoms with Crippen molar-refractivity contribution in [2.45, 2.75) is 17.4 Å². The largest absolute Gasteiger partial charge is 0.481 e. The molecule has 1 rings (SSSR count). The summed E-state index contributed by atoms with van der Waals surface area (Å²) in [5, 5.41) is 26.3.